The Bertz CT molecular complexity index is 602. The number of aryl methyl sites for hydroxylation is 2. The van der Waals surface area contributed by atoms with Gasteiger partial charge in [-0.05, 0) is 24.6 Å². The van der Waals surface area contributed by atoms with E-state index < -0.39 is 0 Å². The van der Waals surface area contributed by atoms with Gasteiger partial charge in [0.1, 0.15) is 11.6 Å². The summed E-state index contributed by atoms with van der Waals surface area (Å²) in [6, 6.07) is 6.16. The maximum Gasteiger partial charge on any atom is 0.256 e. The van der Waals surface area contributed by atoms with Gasteiger partial charge in [0.2, 0.25) is 0 Å². The van der Waals surface area contributed by atoms with Gasteiger partial charge in [0.25, 0.3) is 5.56 Å². The first-order chi connectivity index (χ1) is 8.61. The average Bonchev–Trinajstić information content (AvgIpc) is 2.38. The Morgan fingerprint density at radius 3 is 2.56 bits per heavy atom. The molecule has 0 aliphatic carbocycles. The van der Waals surface area contributed by atoms with Gasteiger partial charge in [0.05, 0.1) is 6.54 Å². The van der Waals surface area contributed by atoms with E-state index in [1.807, 2.05) is 6.92 Å². The summed E-state index contributed by atoms with van der Waals surface area (Å²) < 4.78 is 14.5. The topological polar surface area (TPSA) is 34.9 Å². The maximum absolute atomic E-state index is 12.8. The predicted octanol–water partition coefficient (Wildman–Crippen LogP) is 2.30. The quantitative estimate of drug-likeness (QED) is 0.833. The van der Waals surface area contributed by atoms with Gasteiger partial charge < -0.3 is 0 Å². The fraction of sp³-hybridized carbons (Fsp3) is 0.286. The van der Waals surface area contributed by atoms with Crippen molar-refractivity contribution in [2.24, 2.45) is 0 Å². The Balaban J connectivity index is 2.42. The minimum Gasteiger partial charge on any atom is -0.292 e. The van der Waals surface area contributed by atoms with E-state index in [-0.39, 0.29) is 11.4 Å². The average molecular weight is 246 g/mol. The van der Waals surface area contributed by atoms with Crippen LogP contribution in [0.3, 0.4) is 0 Å². The molecule has 0 bridgehead atoms. The van der Waals surface area contributed by atoms with E-state index in [1.165, 1.54) is 12.1 Å². The molecule has 0 fully saturated rings. The monoisotopic (exact) mass is 246 g/mol. The standard InChI is InChI=1S/C14H15FN2O/c1-3-13-16-8-10(2)14(18)17(13)9-11-4-6-12(15)7-5-11/h4-8H,3,9H2,1-2H3. The Labute approximate surface area is 105 Å². The molecule has 0 atom stereocenters. The Kier molecular flexibility index (Phi) is 3.55. The van der Waals surface area contributed by atoms with Crippen LogP contribution in [-0.4, -0.2) is 9.55 Å². The summed E-state index contributed by atoms with van der Waals surface area (Å²) in [4.78, 5) is 16.3. The van der Waals surface area contributed by atoms with Crippen molar-refractivity contribution in [3.05, 3.63) is 63.6 Å². The third-order valence-electron chi connectivity index (χ3n) is 2.87. The van der Waals surface area contributed by atoms with Crippen molar-refractivity contribution < 1.29 is 4.39 Å². The van der Waals surface area contributed by atoms with Crippen LogP contribution in [0.2, 0.25) is 0 Å². The number of halogens is 1. The molecule has 0 unspecified atom stereocenters. The number of hydrogen-bond acceptors (Lipinski definition) is 2. The Morgan fingerprint density at radius 2 is 1.94 bits per heavy atom. The molecule has 2 rings (SSSR count). The van der Waals surface area contributed by atoms with Crippen molar-refractivity contribution in [3.63, 3.8) is 0 Å². The molecule has 94 valence electrons. The lowest BCUT2D eigenvalue weighted by molar-refractivity contribution is 0.624. The summed E-state index contributed by atoms with van der Waals surface area (Å²) in [6.45, 7) is 4.13. The molecular weight excluding hydrogens is 231 g/mol. The highest BCUT2D eigenvalue weighted by atomic mass is 19.1. The first-order valence-electron chi connectivity index (χ1n) is 5.91. The van der Waals surface area contributed by atoms with Gasteiger partial charge in [-0.1, -0.05) is 19.1 Å². The fourth-order valence-corrected chi connectivity index (χ4v) is 1.84. The number of rotatable bonds is 3. The summed E-state index contributed by atoms with van der Waals surface area (Å²) in [5.41, 5.74) is 1.47. The van der Waals surface area contributed by atoms with E-state index in [0.29, 0.717) is 18.5 Å². The van der Waals surface area contributed by atoms with Gasteiger partial charge >= 0.3 is 0 Å². The number of hydrogen-bond donors (Lipinski definition) is 0. The van der Waals surface area contributed by atoms with Crippen LogP contribution in [0.1, 0.15) is 23.9 Å². The molecule has 0 aliphatic heterocycles. The van der Waals surface area contributed by atoms with Crippen molar-refractivity contribution in [3.8, 4) is 0 Å². The van der Waals surface area contributed by atoms with E-state index in [2.05, 4.69) is 4.98 Å². The molecule has 1 heterocycles. The normalized spacial score (nSPS) is 10.6. The fourth-order valence-electron chi connectivity index (χ4n) is 1.84. The number of benzene rings is 1. The summed E-state index contributed by atoms with van der Waals surface area (Å²) in [6.07, 6.45) is 2.29. The van der Waals surface area contributed by atoms with E-state index in [0.717, 1.165) is 11.4 Å². The van der Waals surface area contributed by atoms with E-state index in [9.17, 15) is 9.18 Å². The first-order valence-corrected chi connectivity index (χ1v) is 5.91. The molecule has 1 aromatic carbocycles. The van der Waals surface area contributed by atoms with Crippen LogP contribution >= 0.6 is 0 Å². The van der Waals surface area contributed by atoms with Gasteiger partial charge in [-0.25, -0.2) is 9.37 Å². The Hall–Kier alpha value is -1.97. The maximum atomic E-state index is 12.8. The summed E-state index contributed by atoms with van der Waals surface area (Å²) >= 11 is 0. The molecule has 0 saturated heterocycles. The van der Waals surface area contributed by atoms with Crippen LogP contribution in [0.15, 0.2) is 35.3 Å². The summed E-state index contributed by atoms with van der Waals surface area (Å²) in [5.74, 6) is 0.471. The molecule has 1 aromatic heterocycles. The second kappa shape index (κ2) is 5.12. The van der Waals surface area contributed by atoms with Crippen LogP contribution in [0.5, 0.6) is 0 Å². The molecule has 0 N–H and O–H groups in total. The minimum atomic E-state index is -0.274. The third-order valence-corrected chi connectivity index (χ3v) is 2.87. The molecule has 3 nitrogen and oxygen atoms in total. The highest BCUT2D eigenvalue weighted by Gasteiger charge is 2.07. The van der Waals surface area contributed by atoms with Gasteiger partial charge in [-0.2, -0.15) is 0 Å². The lowest BCUT2D eigenvalue weighted by Gasteiger charge is -2.11. The van der Waals surface area contributed by atoms with E-state index in [4.69, 9.17) is 0 Å². The second-order valence-electron chi connectivity index (χ2n) is 4.23. The molecule has 4 heteroatoms. The van der Waals surface area contributed by atoms with Crippen LogP contribution in [-0.2, 0) is 13.0 Å². The molecule has 0 saturated carbocycles. The van der Waals surface area contributed by atoms with Crippen LogP contribution in [0.4, 0.5) is 4.39 Å². The van der Waals surface area contributed by atoms with Crippen molar-refractivity contribution >= 4 is 0 Å². The first kappa shape index (κ1) is 12.5. The number of nitrogens with zero attached hydrogens (tertiary/aromatic N) is 2. The largest absolute Gasteiger partial charge is 0.292 e. The summed E-state index contributed by atoms with van der Waals surface area (Å²) in [5, 5.41) is 0. The Morgan fingerprint density at radius 1 is 1.28 bits per heavy atom. The van der Waals surface area contributed by atoms with Gasteiger partial charge in [-0.3, -0.25) is 9.36 Å². The molecule has 0 spiro atoms. The molecular formula is C14H15FN2O. The van der Waals surface area contributed by atoms with Crippen molar-refractivity contribution in [1.82, 2.24) is 9.55 Å². The van der Waals surface area contributed by atoms with Crippen molar-refractivity contribution in [2.45, 2.75) is 26.8 Å². The molecule has 0 radical (unpaired) electrons. The smallest absolute Gasteiger partial charge is 0.256 e. The van der Waals surface area contributed by atoms with E-state index in [1.54, 1.807) is 29.8 Å². The lowest BCUT2D eigenvalue weighted by atomic mass is 10.2. The molecule has 0 amide bonds. The molecule has 18 heavy (non-hydrogen) atoms. The van der Waals surface area contributed by atoms with Gasteiger partial charge in [0.15, 0.2) is 0 Å². The van der Waals surface area contributed by atoms with Gasteiger partial charge in [0, 0.05) is 18.2 Å². The zero-order valence-electron chi connectivity index (χ0n) is 10.5. The number of aromatic nitrogens is 2. The lowest BCUT2D eigenvalue weighted by Crippen LogP contribution is -2.27. The molecule has 0 aliphatic rings. The third kappa shape index (κ3) is 2.47. The van der Waals surface area contributed by atoms with Crippen LogP contribution in [0, 0.1) is 12.7 Å². The van der Waals surface area contributed by atoms with Gasteiger partial charge in [-0.15, -0.1) is 0 Å². The zero-order valence-corrected chi connectivity index (χ0v) is 10.5. The highest BCUT2D eigenvalue weighted by molar-refractivity contribution is 5.18. The van der Waals surface area contributed by atoms with Crippen LogP contribution < -0.4 is 5.56 Å². The summed E-state index contributed by atoms with van der Waals surface area (Å²) in [7, 11) is 0. The zero-order chi connectivity index (χ0) is 13.1. The van der Waals surface area contributed by atoms with E-state index >= 15 is 0 Å². The van der Waals surface area contributed by atoms with Crippen LogP contribution in [0.25, 0.3) is 0 Å². The van der Waals surface area contributed by atoms with Crippen molar-refractivity contribution in [1.29, 1.82) is 0 Å². The van der Waals surface area contributed by atoms with Crippen molar-refractivity contribution in [2.75, 3.05) is 0 Å². The predicted molar refractivity (Wildman–Crippen MR) is 68.1 cm³/mol. The second-order valence-corrected chi connectivity index (χ2v) is 4.23. The molecule has 2 aromatic rings. The highest BCUT2D eigenvalue weighted by Crippen LogP contribution is 2.06. The minimum absolute atomic E-state index is 0.0359. The SMILES string of the molecule is CCc1ncc(C)c(=O)n1Cc1ccc(F)cc1.